The zero-order valence-electron chi connectivity index (χ0n) is 13.7. The number of nitrogens with two attached hydrogens (primary N) is 1. The molecule has 0 saturated heterocycles. The predicted octanol–water partition coefficient (Wildman–Crippen LogP) is 3.52. The second-order valence-corrected chi connectivity index (χ2v) is 5.53. The van der Waals surface area contributed by atoms with Crippen LogP contribution in [0.25, 0.3) is 10.9 Å². The fourth-order valence-corrected chi connectivity index (χ4v) is 2.49. The molecule has 9 heteroatoms. The first-order valence-corrected chi connectivity index (χ1v) is 7.60. The number of nitrogens with zero attached hydrogens (tertiary/aromatic N) is 2. The van der Waals surface area contributed by atoms with Crippen LogP contribution in [0.2, 0.25) is 0 Å². The second kappa shape index (κ2) is 7.76. The van der Waals surface area contributed by atoms with Crippen molar-refractivity contribution >= 4 is 29.0 Å². The van der Waals surface area contributed by atoms with Gasteiger partial charge in [0.05, 0.1) is 17.2 Å². The van der Waals surface area contributed by atoms with Crippen molar-refractivity contribution in [2.45, 2.75) is 19.4 Å². The molecule has 1 atom stereocenters. The topological polar surface area (TPSA) is 72.9 Å². The van der Waals surface area contributed by atoms with E-state index in [2.05, 4.69) is 10.4 Å². The minimum Gasteiger partial charge on any atom is -0.321 e. The van der Waals surface area contributed by atoms with Crippen molar-refractivity contribution in [2.75, 3.05) is 5.43 Å². The molecule has 2 aromatic carbocycles. The zero-order chi connectivity index (χ0) is 18.1. The highest BCUT2D eigenvalue weighted by molar-refractivity contribution is 5.85. The van der Waals surface area contributed by atoms with E-state index in [-0.39, 0.29) is 34.8 Å². The molecule has 0 aliphatic heterocycles. The fourth-order valence-electron chi connectivity index (χ4n) is 2.49. The molecule has 5 nitrogen and oxygen atoms in total. The molecule has 3 N–H and O–H groups in total. The number of hydrogen-bond donors (Lipinski definition) is 2. The van der Waals surface area contributed by atoms with Crippen molar-refractivity contribution in [3.05, 3.63) is 70.0 Å². The highest BCUT2D eigenvalue weighted by atomic mass is 35.5. The molecular weight excluding hydrogens is 369 g/mol. The molecule has 0 amide bonds. The summed E-state index contributed by atoms with van der Waals surface area (Å²) in [6.45, 7) is 1.79. The van der Waals surface area contributed by atoms with Gasteiger partial charge in [0, 0.05) is 6.07 Å². The van der Waals surface area contributed by atoms with Crippen LogP contribution in [0, 0.1) is 17.5 Å². The Morgan fingerprint density at radius 3 is 2.46 bits per heavy atom. The Balaban J connectivity index is 0.00000243. The molecule has 26 heavy (non-hydrogen) atoms. The van der Waals surface area contributed by atoms with Gasteiger partial charge in [0.25, 0.3) is 5.56 Å². The van der Waals surface area contributed by atoms with E-state index >= 15 is 0 Å². The van der Waals surface area contributed by atoms with Crippen LogP contribution >= 0.6 is 12.4 Å². The Morgan fingerprint density at radius 1 is 1.19 bits per heavy atom. The molecule has 0 aliphatic carbocycles. The molecule has 138 valence electrons. The number of fused-ring (bicyclic) bond motifs is 1. The van der Waals surface area contributed by atoms with Crippen LogP contribution < -0.4 is 16.7 Å². The summed E-state index contributed by atoms with van der Waals surface area (Å²) in [5, 5.41) is -0.237. The number of benzene rings is 2. The van der Waals surface area contributed by atoms with Gasteiger partial charge in [-0.25, -0.2) is 22.8 Å². The predicted molar refractivity (Wildman–Crippen MR) is 95.8 cm³/mol. The maximum atomic E-state index is 14.1. The minimum atomic E-state index is -0.822. The number of halogens is 4. The quantitative estimate of drug-likeness (QED) is 0.722. The second-order valence-electron chi connectivity index (χ2n) is 5.53. The summed E-state index contributed by atoms with van der Waals surface area (Å²) in [5.74, 6) is -2.25. The number of nitrogens with one attached hydrogen (secondary N) is 1. The van der Waals surface area contributed by atoms with Crippen molar-refractivity contribution in [3.8, 4) is 0 Å². The lowest BCUT2D eigenvalue weighted by atomic mass is 10.2. The average molecular weight is 385 g/mol. The Hall–Kier alpha value is -2.58. The molecule has 1 aromatic heterocycles. The van der Waals surface area contributed by atoms with E-state index in [9.17, 15) is 18.0 Å². The van der Waals surface area contributed by atoms with Crippen molar-refractivity contribution in [1.29, 1.82) is 0 Å². The SMILES string of the molecule is CC[C@H](N)c1nc2cccc(F)c2c(=O)n1Nc1cc(F)cc(F)c1.Cl. The minimum absolute atomic E-state index is 0. The Morgan fingerprint density at radius 2 is 1.85 bits per heavy atom. The Bertz CT molecular complexity index is 989. The van der Waals surface area contributed by atoms with Gasteiger partial charge in [0.1, 0.15) is 28.7 Å². The molecule has 0 fully saturated rings. The third kappa shape index (κ3) is 3.66. The first kappa shape index (κ1) is 19.7. The fraction of sp³-hybridized carbons (Fsp3) is 0.176. The van der Waals surface area contributed by atoms with Gasteiger partial charge in [-0.05, 0) is 30.7 Å². The van der Waals surface area contributed by atoms with Gasteiger partial charge in [-0.1, -0.05) is 13.0 Å². The number of aromatic nitrogens is 2. The van der Waals surface area contributed by atoms with Crippen LogP contribution in [0.3, 0.4) is 0 Å². The molecule has 0 aliphatic rings. The summed E-state index contributed by atoms with van der Waals surface area (Å²) >= 11 is 0. The number of hydrogen-bond acceptors (Lipinski definition) is 4. The van der Waals surface area contributed by atoms with E-state index < -0.39 is 29.1 Å². The lowest BCUT2D eigenvalue weighted by Crippen LogP contribution is -2.34. The van der Waals surface area contributed by atoms with E-state index in [4.69, 9.17) is 5.73 Å². The molecule has 1 heterocycles. The standard InChI is InChI=1S/C17H15F3N4O.ClH/c1-2-13(21)16-22-14-5-3-4-12(20)15(14)17(25)24(16)23-11-7-9(18)6-10(19)8-11;/h3-8,13,23H,2,21H2,1H3;1H/t13-;/m0./s1. The molecule has 3 rings (SSSR count). The maximum Gasteiger partial charge on any atom is 0.283 e. The van der Waals surface area contributed by atoms with Gasteiger partial charge in [-0.15, -0.1) is 12.4 Å². The average Bonchev–Trinajstić information content (AvgIpc) is 2.55. The molecular formula is C17H16ClF3N4O. The molecule has 0 saturated carbocycles. The van der Waals surface area contributed by atoms with E-state index in [1.54, 1.807) is 6.92 Å². The van der Waals surface area contributed by atoms with E-state index in [0.717, 1.165) is 22.9 Å². The van der Waals surface area contributed by atoms with Crippen LogP contribution in [0.15, 0.2) is 41.2 Å². The van der Waals surface area contributed by atoms with Crippen molar-refractivity contribution in [2.24, 2.45) is 5.73 Å². The summed E-state index contributed by atoms with van der Waals surface area (Å²) in [6.07, 6.45) is 0.451. The number of anilines is 1. The molecule has 0 unspecified atom stereocenters. The van der Waals surface area contributed by atoms with E-state index in [1.165, 1.54) is 12.1 Å². The van der Waals surface area contributed by atoms with Crippen LogP contribution in [-0.2, 0) is 0 Å². The maximum absolute atomic E-state index is 14.1. The zero-order valence-corrected chi connectivity index (χ0v) is 14.5. The van der Waals surface area contributed by atoms with Gasteiger partial charge < -0.3 is 5.73 Å². The van der Waals surface area contributed by atoms with E-state index in [1.807, 2.05) is 0 Å². The smallest absolute Gasteiger partial charge is 0.283 e. The number of rotatable bonds is 4. The molecule has 0 bridgehead atoms. The Labute approximate surface area is 153 Å². The van der Waals surface area contributed by atoms with Crippen molar-refractivity contribution in [3.63, 3.8) is 0 Å². The van der Waals surface area contributed by atoms with Gasteiger partial charge in [-0.2, -0.15) is 0 Å². The summed E-state index contributed by atoms with van der Waals surface area (Å²) in [6, 6.07) is 6.14. The highest BCUT2D eigenvalue weighted by Gasteiger charge is 2.18. The molecule has 3 aromatic rings. The van der Waals surface area contributed by atoms with Crippen LogP contribution in [0.1, 0.15) is 25.2 Å². The van der Waals surface area contributed by atoms with Gasteiger partial charge in [-0.3, -0.25) is 10.2 Å². The van der Waals surface area contributed by atoms with Gasteiger partial charge in [0.15, 0.2) is 0 Å². The largest absolute Gasteiger partial charge is 0.321 e. The lowest BCUT2D eigenvalue weighted by Gasteiger charge is -2.19. The van der Waals surface area contributed by atoms with Crippen molar-refractivity contribution in [1.82, 2.24) is 9.66 Å². The van der Waals surface area contributed by atoms with Crippen molar-refractivity contribution < 1.29 is 13.2 Å². The monoisotopic (exact) mass is 384 g/mol. The first-order valence-electron chi connectivity index (χ1n) is 7.60. The normalized spacial score (nSPS) is 11.9. The van der Waals surface area contributed by atoms with Crippen LogP contribution in [0.5, 0.6) is 0 Å². The van der Waals surface area contributed by atoms with Crippen LogP contribution in [-0.4, -0.2) is 9.66 Å². The van der Waals surface area contributed by atoms with Crippen LogP contribution in [0.4, 0.5) is 18.9 Å². The first-order chi connectivity index (χ1) is 11.9. The summed E-state index contributed by atoms with van der Waals surface area (Å²) < 4.78 is 41.8. The lowest BCUT2D eigenvalue weighted by molar-refractivity contribution is 0.580. The Kier molecular flexibility index (Phi) is 5.89. The van der Waals surface area contributed by atoms with Gasteiger partial charge >= 0.3 is 0 Å². The third-order valence-corrected chi connectivity index (χ3v) is 3.75. The summed E-state index contributed by atoms with van der Waals surface area (Å²) in [4.78, 5) is 17.0. The highest BCUT2D eigenvalue weighted by Crippen LogP contribution is 2.18. The molecule has 0 spiro atoms. The van der Waals surface area contributed by atoms with Gasteiger partial charge in [0.2, 0.25) is 0 Å². The van der Waals surface area contributed by atoms with E-state index in [0.29, 0.717) is 12.5 Å². The summed E-state index contributed by atoms with van der Waals surface area (Å²) in [7, 11) is 0. The molecule has 0 radical (unpaired) electrons. The summed E-state index contributed by atoms with van der Waals surface area (Å²) in [5.41, 5.74) is 7.96. The third-order valence-electron chi connectivity index (χ3n) is 3.75.